The van der Waals surface area contributed by atoms with Crippen LogP contribution in [0.25, 0.3) is 0 Å². The maximum Gasteiger partial charge on any atom is 0.224 e. The Morgan fingerprint density at radius 1 is 0.806 bits per heavy atom. The van der Waals surface area contributed by atoms with E-state index in [-0.39, 0.29) is 5.91 Å². The molecule has 4 heteroatoms. The Morgan fingerprint density at radius 3 is 2.28 bits per heavy atom. The number of unbranched alkanes of at least 4 members (excludes halogenated alkanes) is 2. The van der Waals surface area contributed by atoms with E-state index in [4.69, 9.17) is 0 Å². The highest BCUT2D eigenvalue weighted by Gasteiger charge is 2.08. The molecule has 0 bridgehead atoms. The summed E-state index contributed by atoms with van der Waals surface area (Å²) in [5, 5.41) is 3.03. The van der Waals surface area contributed by atoms with Gasteiger partial charge in [0.1, 0.15) is 0 Å². The molecule has 1 aromatic heterocycles. The van der Waals surface area contributed by atoms with Gasteiger partial charge in [-0.3, -0.25) is 14.7 Å². The molecule has 2 aromatic carbocycles. The number of rotatable bonds is 16. The molecule has 1 amide bonds. The molecule has 3 aromatic rings. The Hall–Kier alpha value is -2.98. The van der Waals surface area contributed by atoms with Crippen LogP contribution in [0.1, 0.15) is 69.2 Å². The lowest BCUT2D eigenvalue weighted by atomic mass is 10.1. The van der Waals surface area contributed by atoms with E-state index in [2.05, 4.69) is 83.6 Å². The fourth-order valence-corrected chi connectivity index (χ4v) is 4.38. The van der Waals surface area contributed by atoms with Crippen molar-refractivity contribution in [2.75, 3.05) is 18.4 Å². The van der Waals surface area contributed by atoms with Crippen molar-refractivity contribution in [2.45, 2.75) is 71.8 Å². The highest BCUT2D eigenvalue weighted by molar-refractivity contribution is 5.90. The Bertz CT molecular complexity index is 987. The monoisotopic (exact) mass is 485 g/mol. The maximum atomic E-state index is 12.2. The molecule has 0 fully saturated rings. The number of carbonyl (C=O) groups is 1. The summed E-state index contributed by atoms with van der Waals surface area (Å²) >= 11 is 0. The molecule has 0 saturated carbocycles. The van der Waals surface area contributed by atoms with Gasteiger partial charge in [-0.1, -0.05) is 68.8 Å². The molecule has 0 aliphatic rings. The molecule has 0 aliphatic heterocycles. The number of aromatic nitrogens is 1. The number of nitrogens with zero attached hydrogens (tertiary/aromatic N) is 2. The minimum Gasteiger partial charge on any atom is -0.326 e. The summed E-state index contributed by atoms with van der Waals surface area (Å²) in [7, 11) is 0. The average Bonchev–Trinajstić information content (AvgIpc) is 2.89. The van der Waals surface area contributed by atoms with E-state index in [9.17, 15) is 4.79 Å². The number of aryl methyl sites for hydroxylation is 2. The third kappa shape index (κ3) is 11.2. The molecule has 0 radical (unpaired) electrons. The van der Waals surface area contributed by atoms with Crippen LogP contribution >= 0.6 is 0 Å². The standard InChI is InChI=1S/C32H43N3O/c1-27(2)17-22-32(36)34-31-20-18-29(19-21-31)26-35(25-11-16-30-15-8-9-23-33-30)24-10-4-7-14-28-12-5-3-6-13-28/h3,5-6,8-9,12-13,15,18-21,23,27H,4,7,10-11,14,16-17,22,24-26H2,1-2H3,(H,34,36). The van der Waals surface area contributed by atoms with Crippen molar-refractivity contribution in [3.63, 3.8) is 0 Å². The topological polar surface area (TPSA) is 45.2 Å². The van der Waals surface area contributed by atoms with Crippen molar-refractivity contribution >= 4 is 11.6 Å². The van der Waals surface area contributed by atoms with Crippen LogP contribution in [0.4, 0.5) is 5.69 Å². The highest BCUT2D eigenvalue weighted by atomic mass is 16.1. The van der Waals surface area contributed by atoms with Crippen molar-refractivity contribution in [1.82, 2.24) is 9.88 Å². The lowest BCUT2D eigenvalue weighted by Gasteiger charge is -2.23. The fraction of sp³-hybridized carbons (Fsp3) is 0.438. The van der Waals surface area contributed by atoms with Crippen molar-refractivity contribution < 1.29 is 4.79 Å². The first-order valence-electron chi connectivity index (χ1n) is 13.6. The van der Waals surface area contributed by atoms with Crippen molar-refractivity contribution in [3.05, 3.63) is 95.8 Å². The van der Waals surface area contributed by atoms with E-state index < -0.39 is 0 Å². The van der Waals surface area contributed by atoms with Crippen molar-refractivity contribution in [1.29, 1.82) is 0 Å². The first-order chi connectivity index (χ1) is 17.6. The van der Waals surface area contributed by atoms with E-state index in [1.807, 2.05) is 24.4 Å². The molecule has 0 atom stereocenters. The molecule has 36 heavy (non-hydrogen) atoms. The highest BCUT2D eigenvalue weighted by Crippen LogP contribution is 2.15. The van der Waals surface area contributed by atoms with Crippen LogP contribution in [0.15, 0.2) is 79.0 Å². The van der Waals surface area contributed by atoms with Crippen LogP contribution in [0, 0.1) is 5.92 Å². The predicted molar refractivity (Wildman–Crippen MR) is 151 cm³/mol. The quantitative estimate of drug-likeness (QED) is 0.216. The SMILES string of the molecule is CC(C)CCC(=O)Nc1ccc(CN(CCCCCc2ccccc2)CCCc2ccccn2)cc1. The molecule has 192 valence electrons. The van der Waals surface area contributed by atoms with Gasteiger partial charge >= 0.3 is 0 Å². The molecule has 0 unspecified atom stereocenters. The molecular formula is C32H43N3O. The van der Waals surface area contributed by atoms with Crippen LogP contribution in [0.2, 0.25) is 0 Å². The minimum atomic E-state index is 0.100. The van der Waals surface area contributed by atoms with Crippen LogP contribution < -0.4 is 5.32 Å². The lowest BCUT2D eigenvalue weighted by molar-refractivity contribution is -0.116. The molecular weight excluding hydrogens is 442 g/mol. The maximum absolute atomic E-state index is 12.2. The number of hydrogen-bond donors (Lipinski definition) is 1. The molecule has 0 saturated heterocycles. The molecule has 0 spiro atoms. The van der Waals surface area contributed by atoms with E-state index >= 15 is 0 Å². The second-order valence-electron chi connectivity index (χ2n) is 10.2. The van der Waals surface area contributed by atoms with Crippen molar-refractivity contribution in [3.8, 4) is 0 Å². The Labute approximate surface area is 218 Å². The predicted octanol–water partition coefficient (Wildman–Crippen LogP) is 7.30. The van der Waals surface area contributed by atoms with Gasteiger partial charge in [-0.2, -0.15) is 0 Å². The van der Waals surface area contributed by atoms with Gasteiger partial charge in [-0.05, 0) is 92.9 Å². The number of carbonyl (C=O) groups excluding carboxylic acids is 1. The summed E-state index contributed by atoms with van der Waals surface area (Å²) in [5.41, 5.74) is 4.77. The normalized spacial score (nSPS) is 11.2. The lowest BCUT2D eigenvalue weighted by Crippen LogP contribution is -2.26. The molecule has 3 rings (SSSR count). The molecule has 1 heterocycles. The van der Waals surface area contributed by atoms with Crippen LogP contribution in [-0.4, -0.2) is 28.9 Å². The van der Waals surface area contributed by atoms with E-state index in [1.54, 1.807) is 0 Å². The minimum absolute atomic E-state index is 0.100. The van der Waals surface area contributed by atoms with Gasteiger partial charge in [0.05, 0.1) is 0 Å². The van der Waals surface area contributed by atoms with Gasteiger partial charge in [-0.25, -0.2) is 0 Å². The third-order valence-corrected chi connectivity index (χ3v) is 6.51. The third-order valence-electron chi connectivity index (χ3n) is 6.51. The van der Waals surface area contributed by atoms with E-state index in [0.717, 1.165) is 56.7 Å². The average molecular weight is 486 g/mol. The zero-order valence-electron chi connectivity index (χ0n) is 22.2. The first-order valence-corrected chi connectivity index (χ1v) is 13.6. The number of pyridine rings is 1. The molecule has 0 aliphatic carbocycles. The Balaban J connectivity index is 1.47. The summed E-state index contributed by atoms with van der Waals surface area (Å²) < 4.78 is 0. The van der Waals surface area contributed by atoms with Gasteiger partial charge in [0.15, 0.2) is 0 Å². The Kier molecular flexibility index (Phi) is 12.2. The summed E-state index contributed by atoms with van der Waals surface area (Å²) in [5.74, 6) is 0.642. The van der Waals surface area contributed by atoms with Crippen LogP contribution in [0.5, 0.6) is 0 Å². The van der Waals surface area contributed by atoms with Gasteiger partial charge < -0.3 is 5.32 Å². The fourth-order valence-electron chi connectivity index (χ4n) is 4.38. The van der Waals surface area contributed by atoms with Gasteiger partial charge in [0, 0.05) is 30.5 Å². The summed E-state index contributed by atoms with van der Waals surface area (Å²) in [6.45, 7) is 7.39. The number of nitrogens with one attached hydrogen (secondary N) is 1. The van der Waals surface area contributed by atoms with E-state index in [0.29, 0.717) is 12.3 Å². The number of amides is 1. The number of hydrogen-bond acceptors (Lipinski definition) is 3. The zero-order chi connectivity index (χ0) is 25.4. The second kappa shape index (κ2) is 15.9. The number of anilines is 1. The first kappa shape index (κ1) is 27.6. The smallest absolute Gasteiger partial charge is 0.224 e. The largest absolute Gasteiger partial charge is 0.326 e. The van der Waals surface area contributed by atoms with Crippen LogP contribution in [-0.2, 0) is 24.2 Å². The molecule has 4 nitrogen and oxygen atoms in total. The summed E-state index contributed by atoms with van der Waals surface area (Å²) in [6.07, 6.45) is 10.3. The van der Waals surface area contributed by atoms with Crippen molar-refractivity contribution in [2.24, 2.45) is 5.92 Å². The van der Waals surface area contributed by atoms with E-state index in [1.165, 1.54) is 30.4 Å². The van der Waals surface area contributed by atoms with Gasteiger partial charge in [0.2, 0.25) is 5.91 Å². The molecule has 1 N–H and O–H groups in total. The zero-order valence-corrected chi connectivity index (χ0v) is 22.2. The van der Waals surface area contributed by atoms with Gasteiger partial charge in [0.25, 0.3) is 0 Å². The Morgan fingerprint density at radius 2 is 1.56 bits per heavy atom. The summed E-state index contributed by atoms with van der Waals surface area (Å²) in [6, 6.07) is 25.3. The summed E-state index contributed by atoms with van der Waals surface area (Å²) in [4.78, 5) is 19.2. The second-order valence-corrected chi connectivity index (χ2v) is 10.2. The number of benzene rings is 2. The van der Waals surface area contributed by atoms with Gasteiger partial charge in [-0.15, -0.1) is 0 Å². The van der Waals surface area contributed by atoms with Crippen LogP contribution in [0.3, 0.4) is 0 Å².